The van der Waals surface area contributed by atoms with Crippen LogP contribution in [0.5, 0.6) is 0 Å². The molecule has 0 atom stereocenters. The highest BCUT2D eigenvalue weighted by atomic mass is 35.5. The predicted molar refractivity (Wildman–Crippen MR) is 117 cm³/mol. The van der Waals surface area contributed by atoms with E-state index in [-0.39, 0.29) is 17.2 Å². The van der Waals surface area contributed by atoms with Crippen molar-refractivity contribution in [1.29, 1.82) is 0 Å². The van der Waals surface area contributed by atoms with E-state index in [4.69, 9.17) is 23.2 Å². The first-order valence-electron chi connectivity index (χ1n) is 8.87. The molecule has 3 rings (SSSR count). The fourth-order valence-corrected chi connectivity index (χ4v) is 3.96. The van der Waals surface area contributed by atoms with E-state index in [1.165, 1.54) is 11.8 Å². The van der Waals surface area contributed by atoms with E-state index >= 15 is 0 Å². The third-order valence-corrected chi connectivity index (χ3v) is 5.62. The summed E-state index contributed by atoms with van der Waals surface area (Å²) in [4.78, 5) is 29.8. The smallest absolute Gasteiger partial charge is 0.262 e. The Bertz CT molecular complexity index is 1070. The SMILES string of the molecule is CCCCn1c(SCC(=O)Nc2ccc(Cl)cc2Cl)nc2ccccc2c1=O. The Morgan fingerprint density at radius 1 is 1.21 bits per heavy atom. The lowest BCUT2D eigenvalue weighted by atomic mass is 10.2. The molecule has 0 spiro atoms. The van der Waals surface area contributed by atoms with E-state index in [0.717, 1.165) is 12.8 Å². The zero-order valence-corrected chi connectivity index (χ0v) is 17.6. The second-order valence-electron chi connectivity index (χ2n) is 6.18. The summed E-state index contributed by atoms with van der Waals surface area (Å²) in [5.41, 5.74) is 1.04. The molecule has 8 heteroatoms. The first kappa shape index (κ1) is 20.7. The van der Waals surface area contributed by atoms with Gasteiger partial charge in [0, 0.05) is 11.6 Å². The van der Waals surface area contributed by atoms with Crippen molar-refractivity contribution in [2.45, 2.75) is 31.5 Å². The molecule has 0 fully saturated rings. The van der Waals surface area contributed by atoms with E-state index in [2.05, 4.69) is 17.2 Å². The van der Waals surface area contributed by atoms with Gasteiger partial charge in [-0.05, 0) is 36.8 Å². The van der Waals surface area contributed by atoms with Gasteiger partial charge in [-0.2, -0.15) is 0 Å². The normalized spacial score (nSPS) is 11.0. The summed E-state index contributed by atoms with van der Waals surface area (Å²) in [5.74, 6) is -0.130. The lowest BCUT2D eigenvalue weighted by Gasteiger charge is -2.13. The number of fused-ring (bicyclic) bond motifs is 1. The number of para-hydroxylation sites is 1. The lowest BCUT2D eigenvalue weighted by Crippen LogP contribution is -2.24. The zero-order valence-electron chi connectivity index (χ0n) is 15.2. The minimum Gasteiger partial charge on any atom is -0.324 e. The molecule has 1 amide bonds. The van der Waals surface area contributed by atoms with Crippen molar-refractivity contribution in [3.63, 3.8) is 0 Å². The molecule has 0 aliphatic rings. The second-order valence-corrected chi connectivity index (χ2v) is 7.97. The highest BCUT2D eigenvalue weighted by Gasteiger charge is 2.14. The van der Waals surface area contributed by atoms with Gasteiger partial charge in [-0.15, -0.1) is 0 Å². The molecule has 1 N–H and O–H groups in total. The van der Waals surface area contributed by atoms with Crippen molar-refractivity contribution in [2.75, 3.05) is 11.1 Å². The van der Waals surface area contributed by atoms with Crippen molar-refractivity contribution in [3.05, 3.63) is 62.9 Å². The summed E-state index contributed by atoms with van der Waals surface area (Å²) >= 11 is 13.2. The maximum Gasteiger partial charge on any atom is 0.262 e. The van der Waals surface area contributed by atoms with E-state index in [0.29, 0.717) is 38.3 Å². The van der Waals surface area contributed by atoms with Crippen molar-refractivity contribution < 1.29 is 4.79 Å². The molecule has 1 heterocycles. The number of benzene rings is 2. The van der Waals surface area contributed by atoms with Gasteiger partial charge >= 0.3 is 0 Å². The Morgan fingerprint density at radius 2 is 2.00 bits per heavy atom. The second kappa shape index (κ2) is 9.45. The van der Waals surface area contributed by atoms with Gasteiger partial charge in [-0.1, -0.05) is 60.4 Å². The molecular formula is C20H19Cl2N3O2S. The number of aromatic nitrogens is 2. The third kappa shape index (κ3) is 4.87. The number of carbonyl (C=O) groups is 1. The lowest BCUT2D eigenvalue weighted by molar-refractivity contribution is -0.113. The van der Waals surface area contributed by atoms with Crippen molar-refractivity contribution in [3.8, 4) is 0 Å². The first-order chi connectivity index (χ1) is 13.5. The molecule has 28 heavy (non-hydrogen) atoms. The van der Waals surface area contributed by atoms with Crippen molar-refractivity contribution >= 4 is 57.5 Å². The van der Waals surface area contributed by atoms with Gasteiger partial charge in [0.05, 0.1) is 27.4 Å². The number of hydrogen-bond donors (Lipinski definition) is 1. The number of halogens is 2. The number of nitrogens with one attached hydrogen (secondary N) is 1. The van der Waals surface area contributed by atoms with Crippen LogP contribution in [0.3, 0.4) is 0 Å². The van der Waals surface area contributed by atoms with E-state index in [1.807, 2.05) is 12.1 Å². The minimum absolute atomic E-state index is 0.0808. The molecule has 0 aliphatic heterocycles. The topological polar surface area (TPSA) is 64.0 Å². The molecule has 3 aromatic rings. The maximum atomic E-state index is 12.8. The highest BCUT2D eigenvalue weighted by molar-refractivity contribution is 7.99. The Kier molecular flexibility index (Phi) is 6.99. The van der Waals surface area contributed by atoms with Gasteiger partial charge < -0.3 is 5.32 Å². The average molecular weight is 436 g/mol. The standard InChI is InChI=1S/C20H19Cl2N3O2S/c1-2-3-10-25-19(27)14-6-4-5-7-16(14)24-20(25)28-12-18(26)23-17-9-8-13(21)11-15(17)22/h4-9,11H,2-3,10,12H2,1H3,(H,23,26). The summed E-state index contributed by atoms with van der Waals surface area (Å²) in [7, 11) is 0. The van der Waals surface area contributed by atoms with E-state index in [9.17, 15) is 9.59 Å². The van der Waals surface area contributed by atoms with Gasteiger partial charge in [0.1, 0.15) is 0 Å². The summed E-state index contributed by atoms with van der Waals surface area (Å²) in [5, 5.41) is 4.74. The molecule has 0 aliphatic carbocycles. The Morgan fingerprint density at radius 3 is 2.75 bits per heavy atom. The van der Waals surface area contributed by atoms with Crippen LogP contribution in [-0.4, -0.2) is 21.2 Å². The molecule has 0 saturated heterocycles. The van der Waals surface area contributed by atoms with E-state index < -0.39 is 0 Å². The highest BCUT2D eigenvalue weighted by Crippen LogP contribution is 2.26. The summed E-state index contributed by atoms with van der Waals surface area (Å²) in [6.07, 6.45) is 1.82. The van der Waals surface area contributed by atoms with Crippen LogP contribution in [0.2, 0.25) is 10.0 Å². The number of hydrogen-bond acceptors (Lipinski definition) is 4. The van der Waals surface area contributed by atoms with E-state index in [1.54, 1.807) is 34.9 Å². The van der Waals surface area contributed by atoms with Gasteiger partial charge in [-0.25, -0.2) is 4.98 Å². The van der Waals surface area contributed by atoms with Crippen LogP contribution in [0.25, 0.3) is 10.9 Å². The Balaban J connectivity index is 1.80. The number of rotatable bonds is 7. The average Bonchev–Trinajstić information content (AvgIpc) is 2.68. The fourth-order valence-electron chi connectivity index (χ4n) is 2.68. The number of nitrogens with zero attached hydrogens (tertiary/aromatic N) is 2. The molecule has 0 unspecified atom stereocenters. The van der Waals surface area contributed by atoms with Crippen LogP contribution < -0.4 is 10.9 Å². The Labute approximate surface area is 177 Å². The molecular weight excluding hydrogens is 417 g/mol. The third-order valence-electron chi connectivity index (χ3n) is 4.10. The number of carbonyl (C=O) groups excluding carboxylic acids is 1. The maximum absolute atomic E-state index is 12.8. The molecule has 2 aromatic carbocycles. The van der Waals surface area contributed by atoms with Crippen LogP contribution >= 0.6 is 35.0 Å². The predicted octanol–water partition coefficient (Wildman–Crippen LogP) is 5.23. The number of unbranched alkanes of at least 4 members (excludes halogenated alkanes) is 1. The Hall–Kier alpha value is -2.02. The van der Waals surface area contributed by atoms with Crippen LogP contribution in [0.15, 0.2) is 52.4 Å². The number of anilines is 1. The van der Waals surface area contributed by atoms with Gasteiger partial charge in [0.2, 0.25) is 5.91 Å². The minimum atomic E-state index is -0.237. The van der Waals surface area contributed by atoms with Crippen LogP contribution in [0, 0.1) is 0 Å². The molecule has 0 saturated carbocycles. The molecule has 146 valence electrons. The zero-order chi connectivity index (χ0) is 20.1. The van der Waals surface area contributed by atoms with Gasteiger partial charge in [0.25, 0.3) is 5.56 Å². The summed E-state index contributed by atoms with van der Waals surface area (Å²) in [6, 6.07) is 12.1. The first-order valence-corrected chi connectivity index (χ1v) is 10.6. The number of thioether (sulfide) groups is 1. The van der Waals surface area contributed by atoms with Crippen molar-refractivity contribution in [1.82, 2.24) is 9.55 Å². The summed E-state index contributed by atoms with van der Waals surface area (Å²) in [6.45, 7) is 2.63. The molecule has 0 bridgehead atoms. The molecule has 0 radical (unpaired) electrons. The van der Waals surface area contributed by atoms with Gasteiger partial charge in [-0.3, -0.25) is 14.2 Å². The van der Waals surface area contributed by atoms with Crippen LogP contribution in [0.1, 0.15) is 19.8 Å². The van der Waals surface area contributed by atoms with Gasteiger partial charge in [0.15, 0.2) is 5.16 Å². The fraction of sp³-hybridized carbons (Fsp3) is 0.250. The largest absolute Gasteiger partial charge is 0.324 e. The molecule has 5 nitrogen and oxygen atoms in total. The monoisotopic (exact) mass is 435 g/mol. The summed E-state index contributed by atoms with van der Waals surface area (Å²) < 4.78 is 1.65. The quantitative estimate of drug-likeness (QED) is 0.407. The van der Waals surface area contributed by atoms with Crippen molar-refractivity contribution in [2.24, 2.45) is 0 Å². The van der Waals surface area contributed by atoms with Crippen LogP contribution in [0.4, 0.5) is 5.69 Å². The number of amides is 1. The van der Waals surface area contributed by atoms with Crippen LogP contribution in [-0.2, 0) is 11.3 Å². The molecule has 1 aromatic heterocycles.